The molecule has 0 bridgehead atoms. The van der Waals surface area contributed by atoms with Crippen LogP contribution < -0.4 is 5.32 Å². The SMILES string of the molecule is CN(C)C(=O)N1CCC[C@@H](C(=O)NCCCSCc2ccccc2)C1. The maximum Gasteiger partial charge on any atom is 0.319 e. The standard InChI is InChI=1S/C19H29N3O2S/c1-21(2)19(24)22-12-6-10-17(14-22)18(23)20-11-7-13-25-15-16-8-4-3-5-9-16/h3-5,8-9,17H,6-7,10-15H2,1-2H3,(H,20,23)/t17-/m1/s1. The van der Waals surface area contributed by atoms with Crippen LogP contribution in [0.15, 0.2) is 30.3 Å². The van der Waals surface area contributed by atoms with Crippen LogP contribution in [-0.4, -0.2) is 61.2 Å². The highest BCUT2D eigenvalue weighted by Gasteiger charge is 2.28. The molecule has 1 fully saturated rings. The molecule has 1 aromatic rings. The lowest BCUT2D eigenvalue weighted by Crippen LogP contribution is -2.48. The molecule has 1 N–H and O–H groups in total. The summed E-state index contributed by atoms with van der Waals surface area (Å²) >= 11 is 1.89. The molecule has 0 saturated carbocycles. The average Bonchev–Trinajstić information content (AvgIpc) is 2.64. The third kappa shape index (κ3) is 6.61. The molecule has 0 unspecified atom stereocenters. The molecule has 1 heterocycles. The molecule has 0 aromatic heterocycles. The van der Waals surface area contributed by atoms with Crippen LogP contribution in [-0.2, 0) is 10.5 Å². The van der Waals surface area contributed by atoms with Crippen LogP contribution in [0.2, 0.25) is 0 Å². The van der Waals surface area contributed by atoms with Crippen molar-refractivity contribution in [1.29, 1.82) is 0 Å². The molecular formula is C19H29N3O2S. The van der Waals surface area contributed by atoms with Gasteiger partial charge in [-0.25, -0.2) is 4.79 Å². The minimum atomic E-state index is -0.0744. The van der Waals surface area contributed by atoms with Gasteiger partial charge in [-0.3, -0.25) is 4.79 Å². The quantitative estimate of drug-likeness (QED) is 0.758. The number of piperidine rings is 1. The lowest BCUT2D eigenvalue weighted by atomic mass is 9.97. The molecule has 3 amide bonds. The summed E-state index contributed by atoms with van der Waals surface area (Å²) in [5.74, 6) is 2.06. The molecule has 1 atom stereocenters. The molecule has 138 valence electrons. The van der Waals surface area contributed by atoms with Gasteiger partial charge in [0.05, 0.1) is 5.92 Å². The fourth-order valence-electron chi connectivity index (χ4n) is 2.94. The summed E-state index contributed by atoms with van der Waals surface area (Å²) < 4.78 is 0. The molecule has 0 spiro atoms. The molecule has 0 aliphatic carbocycles. The number of carbonyl (C=O) groups excluding carboxylic acids is 2. The number of carbonyl (C=O) groups is 2. The van der Waals surface area contributed by atoms with Gasteiger partial charge < -0.3 is 15.1 Å². The van der Waals surface area contributed by atoms with E-state index in [4.69, 9.17) is 0 Å². The van der Waals surface area contributed by atoms with Crippen molar-refractivity contribution in [2.75, 3.05) is 39.5 Å². The van der Waals surface area contributed by atoms with Crippen LogP contribution in [0.4, 0.5) is 4.79 Å². The Morgan fingerprint density at radius 3 is 2.76 bits per heavy atom. The van der Waals surface area contributed by atoms with Gasteiger partial charge >= 0.3 is 6.03 Å². The zero-order valence-corrected chi connectivity index (χ0v) is 16.1. The summed E-state index contributed by atoms with van der Waals surface area (Å²) in [6, 6.07) is 10.4. The molecule has 1 saturated heterocycles. The maximum atomic E-state index is 12.3. The number of nitrogens with one attached hydrogen (secondary N) is 1. The van der Waals surface area contributed by atoms with Crippen molar-refractivity contribution in [2.45, 2.75) is 25.0 Å². The second kappa shape index (κ2) is 10.3. The van der Waals surface area contributed by atoms with Crippen molar-refractivity contribution >= 4 is 23.7 Å². The van der Waals surface area contributed by atoms with Gasteiger partial charge in [0, 0.05) is 39.5 Å². The lowest BCUT2D eigenvalue weighted by molar-refractivity contribution is -0.126. The van der Waals surface area contributed by atoms with E-state index in [-0.39, 0.29) is 17.9 Å². The third-order valence-corrected chi connectivity index (χ3v) is 5.44. The van der Waals surface area contributed by atoms with Gasteiger partial charge in [0.25, 0.3) is 0 Å². The van der Waals surface area contributed by atoms with E-state index in [0.29, 0.717) is 13.1 Å². The van der Waals surface area contributed by atoms with Crippen LogP contribution in [0.25, 0.3) is 0 Å². The topological polar surface area (TPSA) is 52.7 Å². The Kier molecular flexibility index (Phi) is 8.12. The number of thioether (sulfide) groups is 1. The molecule has 1 aromatic carbocycles. The molecular weight excluding hydrogens is 334 g/mol. The Hall–Kier alpha value is -1.69. The van der Waals surface area contributed by atoms with E-state index < -0.39 is 0 Å². The van der Waals surface area contributed by atoms with Gasteiger partial charge in [-0.05, 0) is 30.6 Å². The van der Waals surface area contributed by atoms with Gasteiger partial charge in [-0.1, -0.05) is 30.3 Å². The first-order valence-electron chi connectivity index (χ1n) is 8.93. The Labute approximate surface area is 155 Å². The van der Waals surface area contributed by atoms with Gasteiger partial charge in [0.15, 0.2) is 0 Å². The van der Waals surface area contributed by atoms with Crippen molar-refractivity contribution in [1.82, 2.24) is 15.1 Å². The number of benzene rings is 1. The molecule has 6 heteroatoms. The van der Waals surface area contributed by atoms with E-state index in [1.165, 1.54) is 5.56 Å². The monoisotopic (exact) mass is 363 g/mol. The van der Waals surface area contributed by atoms with Crippen molar-refractivity contribution in [3.05, 3.63) is 35.9 Å². The van der Waals surface area contributed by atoms with Crippen LogP contribution >= 0.6 is 11.8 Å². The van der Waals surface area contributed by atoms with Crippen LogP contribution in [0, 0.1) is 5.92 Å². The highest BCUT2D eigenvalue weighted by molar-refractivity contribution is 7.98. The van der Waals surface area contributed by atoms with Crippen LogP contribution in [0.5, 0.6) is 0 Å². The number of nitrogens with zero attached hydrogens (tertiary/aromatic N) is 2. The first kappa shape index (κ1) is 19.6. The van der Waals surface area contributed by atoms with E-state index in [1.54, 1.807) is 23.9 Å². The minimum absolute atomic E-state index is 0.00480. The van der Waals surface area contributed by atoms with Crippen LogP contribution in [0.1, 0.15) is 24.8 Å². The Balaban J connectivity index is 1.60. The minimum Gasteiger partial charge on any atom is -0.356 e. The third-order valence-electron chi connectivity index (χ3n) is 4.32. The first-order valence-corrected chi connectivity index (χ1v) is 10.1. The highest BCUT2D eigenvalue weighted by atomic mass is 32.2. The number of hydrogen-bond donors (Lipinski definition) is 1. The Morgan fingerprint density at radius 2 is 2.04 bits per heavy atom. The summed E-state index contributed by atoms with van der Waals surface area (Å²) in [6.45, 7) is 1.99. The summed E-state index contributed by atoms with van der Waals surface area (Å²) in [5.41, 5.74) is 1.34. The Morgan fingerprint density at radius 1 is 1.28 bits per heavy atom. The predicted molar refractivity (Wildman–Crippen MR) is 104 cm³/mol. The Bertz CT molecular complexity index is 551. The molecule has 0 radical (unpaired) electrons. The molecule has 25 heavy (non-hydrogen) atoms. The lowest BCUT2D eigenvalue weighted by Gasteiger charge is -2.33. The zero-order valence-electron chi connectivity index (χ0n) is 15.2. The zero-order chi connectivity index (χ0) is 18.1. The molecule has 2 rings (SSSR count). The van der Waals surface area contributed by atoms with E-state index in [2.05, 4.69) is 29.6 Å². The molecule has 1 aliphatic heterocycles. The van der Waals surface area contributed by atoms with E-state index in [9.17, 15) is 9.59 Å². The average molecular weight is 364 g/mol. The van der Waals surface area contributed by atoms with Gasteiger partial charge in [-0.2, -0.15) is 11.8 Å². The van der Waals surface area contributed by atoms with Gasteiger partial charge in [-0.15, -0.1) is 0 Å². The predicted octanol–water partition coefficient (Wildman–Crippen LogP) is 2.82. The number of urea groups is 1. The summed E-state index contributed by atoms with van der Waals surface area (Å²) in [5, 5.41) is 3.04. The van der Waals surface area contributed by atoms with Gasteiger partial charge in [0.1, 0.15) is 0 Å². The second-order valence-electron chi connectivity index (χ2n) is 6.64. The highest BCUT2D eigenvalue weighted by Crippen LogP contribution is 2.18. The fraction of sp³-hybridized carbons (Fsp3) is 0.579. The molecule has 5 nitrogen and oxygen atoms in total. The van der Waals surface area contributed by atoms with Crippen molar-refractivity contribution in [3.63, 3.8) is 0 Å². The second-order valence-corrected chi connectivity index (χ2v) is 7.75. The summed E-state index contributed by atoms with van der Waals surface area (Å²) in [4.78, 5) is 27.7. The number of amides is 3. The maximum absolute atomic E-state index is 12.3. The fourth-order valence-corrected chi connectivity index (χ4v) is 3.86. The van der Waals surface area contributed by atoms with Crippen molar-refractivity contribution in [2.24, 2.45) is 5.92 Å². The normalized spacial score (nSPS) is 17.2. The summed E-state index contributed by atoms with van der Waals surface area (Å²) in [7, 11) is 3.50. The van der Waals surface area contributed by atoms with Crippen LogP contribution in [0.3, 0.4) is 0 Å². The number of rotatable bonds is 7. The van der Waals surface area contributed by atoms with Gasteiger partial charge in [0.2, 0.25) is 5.91 Å². The van der Waals surface area contributed by atoms with E-state index in [0.717, 1.165) is 37.3 Å². The first-order chi connectivity index (χ1) is 12.1. The number of likely N-dealkylation sites (tertiary alicyclic amines) is 1. The van der Waals surface area contributed by atoms with E-state index in [1.807, 2.05) is 17.8 Å². The number of hydrogen-bond acceptors (Lipinski definition) is 3. The largest absolute Gasteiger partial charge is 0.356 e. The van der Waals surface area contributed by atoms with E-state index >= 15 is 0 Å². The summed E-state index contributed by atoms with van der Waals surface area (Å²) in [6.07, 6.45) is 2.73. The molecule has 1 aliphatic rings. The van der Waals surface area contributed by atoms with Crippen molar-refractivity contribution in [3.8, 4) is 0 Å². The van der Waals surface area contributed by atoms with Crippen molar-refractivity contribution < 1.29 is 9.59 Å². The smallest absolute Gasteiger partial charge is 0.319 e.